The van der Waals surface area contributed by atoms with E-state index in [1.54, 1.807) is 16.2 Å². The van der Waals surface area contributed by atoms with Crippen molar-refractivity contribution in [1.29, 1.82) is 0 Å². The van der Waals surface area contributed by atoms with Gasteiger partial charge in [0.2, 0.25) is 0 Å². The van der Waals surface area contributed by atoms with Crippen molar-refractivity contribution in [2.75, 3.05) is 11.9 Å². The van der Waals surface area contributed by atoms with E-state index in [9.17, 15) is 14.4 Å². The predicted octanol–water partition coefficient (Wildman–Crippen LogP) is 3.37. The number of hydrogen-bond acceptors (Lipinski definition) is 7. The van der Waals surface area contributed by atoms with Crippen LogP contribution in [0.4, 0.5) is 5.69 Å². The Morgan fingerprint density at radius 3 is 2.97 bits per heavy atom. The number of nitrogens with zero attached hydrogens (tertiary/aromatic N) is 3. The van der Waals surface area contributed by atoms with Crippen molar-refractivity contribution in [3.63, 3.8) is 0 Å². The molecule has 0 saturated carbocycles. The topological polar surface area (TPSA) is 121 Å². The van der Waals surface area contributed by atoms with Crippen LogP contribution in [0.5, 0.6) is 0 Å². The molecule has 1 aromatic carbocycles. The van der Waals surface area contributed by atoms with Crippen LogP contribution in [0.3, 0.4) is 0 Å². The maximum atomic E-state index is 13.2. The highest BCUT2D eigenvalue weighted by Gasteiger charge is 2.34. The normalized spacial score (nSPS) is 18.9. The lowest BCUT2D eigenvalue weighted by Gasteiger charge is -2.38. The molecule has 0 bridgehead atoms. The third-order valence-corrected chi connectivity index (χ3v) is 6.72. The van der Waals surface area contributed by atoms with Crippen molar-refractivity contribution in [3.05, 3.63) is 51.4 Å². The van der Waals surface area contributed by atoms with Crippen molar-refractivity contribution in [1.82, 2.24) is 20.0 Å². The Bertz CT molecular complexity index is 1400. The highest BCUT2D eigenvalue weighted by Crippen LogP contribution is 2.35. The zero-order valence-electron chi connectivity index (χ0n) is 17.5. The van der Waals surface area contributed by atoms with Gasteiger partial charge in [-0.1, -0.05) is 13.0 Å². The summed E-state index contributed by atoms with van der Waals surface area (Å²) in [6.07, 6.45) is 3.08. The third kappa shape index (κ3) is 3.66. The zero-order chi connectivity index (χ0) is 22.4. The summed E-state index contributed by atoms with van der Waals surface area (Å²) < 4.78 is 6.02. The molecule has 9 nitrogen and oxygen atoms in total. The summed E-state index contributed by atoms with van der Waals surface area (Å²) in [6, 6.07) is 7.29. The van der Waals surface area contributed by atoms with Crippen LogP contribution in [-0.4, -0.2) is 38.4 Å². The first kappa shape index (κ1) is 20.4. The zero-order valence-corrected chi connectivity index (χ0v) is 18.4. The van der Waals surface area contributed by atoms with E-state index in [0.717, 1.165) is 33.6 Å². The predicted molar refractivity (Wildman–Crippen MR) is 120 cm³/mol. The fraction of sp³-hybridized carbons (Fsp3) is 0.318. The average Bonchev–Trinajstić information content (AvgIpc) is 3.34. The molecule has 3 aromatic heterocycles. The Balaban J connectivity index is 1.41. The molecule has 32 heavy (non-hydrogen) atoms. The van der Waals surface area contributed by atoms with Crippen molar-refractivity contribution in [2.45, 2.75) is 32.7 Å². The molecule has 4 heterocycles. The molecule has 0 spiro atoms. The molecule has 164 valence electrons. The second-order valence-corrected chi connectivity index (χ2v) is 9.41. The monoisotopic (exact) mass is 451 g/mol. The minimum Gasteiger partial charge on any atom is -0.358 e. The van der Waals surface area contributed by atoms with Crippen LogP contribution < -0.4 is 10.9 Å². The molecule has 1 saturated heterocycles. The first-order chi connectivity index (χ1) is 15.4. The van der Waals surface area contributed by atoms with E-state index in [4.69, 9.17) is 4.52 Å². The number of H-pyrrole nitrogens is 1. The van der Waals surface area contributed by atoms with Crippen LogP contribution in [0.2, 0.25) is 0 Å². The van der Waals surface area contributed by atoms with Crippen molar-refractivity contribution in [2.24, 2.45) is 5.92 Å². The molecule has 2 atom stereocenters. The number of hydrogen-bond donors (Lipinski definition) is 2. The minimum absolute atomic E-state index is 0.136. The van der Waals surface area contributed by atoms with E-state index in [2.05, 4.69) is 27.4 Å². The number of aromatic amines is 1. The number of benzene rings is 1. The Morgan fingerprint density at radius 1 is 1.28 bits per heavy atom. The van der Waals surface area contributed by atoms with Gasteiger partial charge in [-0.2, -0.15) is 5.16 Å². The number of carbonyl (C=O) groups is 2. The van der Waals surface area contributed by atoms with Gasteiger partial charge in [-0.3, -0.25) is 14.4 Å². The summed E-state index contributed by atoms with van der Waals surface area (Å²) in [7, 11) is 0. The number of pyridine rings is 1. The maximum absolute atomic E-state index is 13.2. The van der Waals surface area contributed by atoms with Crippen LogP contribution in [0, 0.1) is 12.8 Å². The van der Waals surface area contributed by atoms with Gasteiger partial charge >= 0.3 is 11.8 Å². The maximum Gasteiger partial charge on any atom is 0.313 e. The number of thiazole rings is 1. The number of anilines is 1. The number of aryl methyl sites for hydroxylation is 1. The van der Waals surface area contributed by atoms with Gasteiger partial charge in [0.25, 0.3) is 11.3 Å². The first-order valence-corrected chi connectivity index (χ1v) is 11.2. The Morgan fingerprint density at radius 2 is 2.12 bits per heavy atom. The van der Waals surface area contributed by atoms with Gasteiger partial charge in [-0.15, -0.1) is 11.3 Å². The summed E-state index contributed by atoms with van der Waals surface area (Å²) in [6.45, 7) is 4.53. The van der Waals surface area contributed by atoms with E-state index in [1.807, 2.05) is 25.1 Å². The fourth-order valence-electron chi connectivity index (χ4n) is 4.22. The lowest BCUT2D eigenvalue weighted by Crippen LogP contribution is -2.46. The lowest BCUT2D eigenvalue weighted by atomic mass is 9.89. The fourth-order valence-corrected chi connectivity index (χ4v) is 5.03. The summed E-state index contributed by atoms with van der Waals surface area (Å²) in [5, 5.41) is 5.95. The number of piperidine rings is 1. The van der Waals surface area contributed by atoms with Crippen molar-refractivity contribution >= 4 is 50.2 Å². The van der Waals surface area contributed by atoms with Crippen LogP contribution in [-0.2, 0) is 9.59 Å². The molecule has 2 N–H and O–H groups in total. The number of nitrogens with one attached hydrogen (secondary N) is 2. The van der Waals surface area contributed by atoms with Gasteiger partial charge in [-0.05, 0) is 49.4 Å². The Hall–Kier alpha value is -3.53. The summed E-state index contributed by atoms with van der Waals surface area (Å²) in [4.78, 5) is 47.9. The second kappa shape index (κ2) is 7.86. The molecule has 4 aromatic rings. The Kier molecular flexibility index (Phi) is 5.01. The number of aromatic nitrogens is 3. The third-order valence-electron chi connectivity index (χ3n) is 5.77. The van der Waals surface area contributed by atoms with Crippen molar-refractivity contribution < 1.29 is 14.1 Å². The minimum atomic E-state index is -0.768. The van der Waals surface area contributed by atoms with Gasteiger partial charge < -0.3 is 14.7 Å². The molecular weight excluding hydrogens is 430 g/mol. The van der Waals surface area contributed by atoms with Crippen molar-refractivity contribution in [3.8, 4) is 0 Å². The summed E-state index contributed by atoms with van der Waals surface area (Å²) in [5.41, 5.74) is 1.82. The van der Waals surface area contributed by atoms with Crippen LogP contribution >= 0.6 is 11.3 Å². The van der Waals surface area contributed by atoms with Gasteiger partial charge in [-0.25, -0.2) is 9.97 Å². The van der Waals surface area contributed by atoms with E-state index in [-0.39, 0.29) is 28.7 Å². The van der Waals surface area contributed by atoms with Crippen LogP contribution in [0.1, 0.15) is 36.4 Å². The standard InChI is InChI=1S/C22H21N5O4S/c1-11-3-5-17(13-4-6-18-16(7-13)24-12(2)32-18)27(10-11)22(30)20(29)25-14-8-15-19(28)26-31-21(15)23-9-14/h4,6-9,11,17H,3,5,10H2,1-2H3,(H,25,29)(H,26,28)/t11-,17+/m1/s1. The van der Waals surface area contributed by atoms with Gasteiger partial charge in [0.1, 0.15) is 5.39 Å². The second-order valence-electron chi connectivity index (χ2n) is 8.18. The summed E-state index contributed by atoms with van der Waals surface area (Å²) >= 11 is 1.63. The number of carbonyl (C=O) groups excluding carboxylic acids is 2. The van der Waals surface area contributed by atoms with Crippen LogP contribution in [0.25, 0.3) is 21.3 Å². The number of rotatable bonds is 2. The van der Waals surface area contributed by atoms with Crippen LogP contribution in [0.15, 0.2) is 39.8 Å². The highest BCUT2D eigenvalue weighted by molar-refractivity contribution is 7.18. The van der Waals surface area contributed by atoms with E-state index >= 15 is 0 Å². The molecule has 10 heteroatoms. The molecule has 5 rings (SSSR count). The molecule has 2 amide bonds. The van der Waals surface area contributed by atoms with E-state index in [0.29, 0.717) is 6.54 Å². The van der Waals surface area contributed by atoms with Gasteiger partial charge in [0.05, 0.1) is 33.2 Å². The number of fused-ring (bicyclic) bond motifs is 2. The molecular formula is C22H21N5O4S. The van der Waals surface area contributed by atoms with E-state index < -0.39 is 17.4 Å². The number of amides is 2. The molecule has 1 aliphatic rings. The Labute approximate surface area is 186 Å². The highest BCUT2D eigenvalue weighted by atomic mass is 32.1. The van der Waals surface area contributed by atoms with E-state index in [1.165, 1.54) is 12.3 Å². The molecule has 1 fully saturated rings. The SMILES string of the molecule is Cc1nc2cc([C@@H]3CC[C@@H](C)CN3C(=O)C(=O)Nc3cnc4o[nH]c(=O)c4c3)ccc2s1. The molecule has 0 unspecified atom stereocenters. The first-order valence-electron chi connectivity index (χ1n) is 10.4. The quantitative estimate of drug-likeness (QED) is 0.451. The summed E-state index contributed by atoms with van der Waals surface area (Å²) in [5.74, 6) is -1.09. The smallest absolute Gasteiger partial charge is 0.313 e. The molecule has 0 radical (unpaired) electrons. The number of likely N-dealkylation sites (tertiary alicyclic amines) is 1. The van der Waals surface area contributed by atoms with Gasteiger partial charge in [0, 0.05) is 6.54 Å². The van der Waals surface area contributed by atoms with Gasteiger partial charge in [0.15, 0.2) is 0 Å². The molecule has 1 aliphatic heterocycles. The average molecular weight is 452 g/mol. The largest absolute Gasteiger partial charge is 0.358 e. The lowest BCUT2D eigenvalue weighted by molar-refractivity contribution is -0.146. The molecule has 0 aliphatic carbocycles.